The van der Waals surface area contributed by atoms with Crippen molar-refractivity contribution in [3.8, 4) is 0 Å². The lowest BCUT2D eigenvalue weighted by molar-refractivity contribution is -0.138. The Bertz CT molecular complexity index is 720. The highest BCUT2D eigenvalue weighted by atomic mass is 35.5. The molecule has 1 N–H and O–H groups in total. The van der Waals surface area contributed by atoms with Gasteiger partial charge in [-0.2, -0.15) is 0 Å². The lowest BCUT2D eigenvalue weighted by atomic mass is 10.1. The number of benzene rings is 1. The fourth-order valence-corrected chi connectivity index (χ4v) is 3.87. The number of likely N-dealkylation sites (N-methyl/N-ethyl adjacent to an activating group) is 1. The first kappa shape index (κ1) is 20.0. The van der Waals surface area contributed by atoms with Gasteiger partial charge in [0.05, 0.1) is 30.3 Å². The van der Waals surface area contributed by atoms with Crippen LogP contribution in [-0.2, 0) is 14.3 Å². The second-order valence-corrected chi connectivity index (χ2v) is 7.38. The first-order valence-corrected chi connectivity index (χ1v) is 9.25. The number of hydrogen-bond donors (Lipinski definition) is 1. The Morgan fingerprint density at radius 1 is 1.44 bits per heavy atom. The van der Waals surface area contributed by atoms with Gasteiger partial charge in [-0.05, 0) is 31.7 Å². The second kappa shape index (κ2) is 8.52. The van der Waals surface area contributed by atoms with E-state index < -0.39 is 11.8 Å². The van der Waals surface area contributed by atoms with Crippen molar-refractivity contribution in [2.24, 2.45) is 0 Å². The van der Waals surface area contributed by atoms with E-state index in [1.165, 1.54) is 12.1 Å². The first-order chi connectivity index (χ1) is 12.8. The highest BCUT2D eigenvalue weighted by Crippen LogP contribution is 2.28. The topological polar surface area (TPSA) is 73.3 Å². The molecular weight excluding hydrogens is 377 g/mol. The van der Waals surface area contributed by atoms with E-state index in [2.05, 4.69) is 4.90 Å². The number of nitrogens with zero attached hydrogens (tertiary/aromatic N) is 3. The quantitative estimate of drug-likeness (QED) is 0.777. The lowest BCUT2D eigenvalue weighted by Gasteiger charge is -2.37. The third-order valence-electron chi connectivity index (χ3n) is 4.92. The normalized spacial score (nSPS) is 24.0. The average molecular weight is 400 g/mol. The lowest BCUT2D eigenvalue weighted by Crippen LogP contribution is -2.53. The van der Waals surface area contributed by atoms with Gasteiger partial charge in [-0.25, -0.2) is 4.39 Å². The number of anilines is 1. The zero-order valence-electron chi connectivity index (χ0n) is 15.1. The molecule has 0 radical (unpaired) electrons. The van der Waals surface area contributed by atoms with Crippen LogP contribution in [0, 0.1) is 5.82 Å². The van der Waals surface area contributed by atoms with E-state index in [4.69, 9.17) is 21.4 Å². The Morgan fingerprint density at radius 2 is 2.22 bits per heavy atom. The maximum atomic E-state index is 13.4. The fourth-order valence-electron chi connectivity index (χ4n) is 3.69. The monoisotopic (exact) mass is 399 g/mol. The second-order valence-electron chi connectivity index (χ2n) is 6.97. The van der Waals surface area contributed by atoms with Crippen LogP contribution in [0.15, 0.2) is 18.2 Å². The van der Waals surface area contributed by atoms with Crippen LogP contribution in [0.2, 0.25) is 5.02 Å². The van der Waals surface area contributed by atoms with Gasteiger partial charge in [0.25, 0.3) is 0 Å². The van der Waals surface area contributed by atoms with Crippen LogP contribution in [-0.4, -0.2) is 85.3 Å². The van der Waals surface area contributed by atoms with Crippen LogP contribution in [0.5, 0.6) is 0 Å². The molecule has 3 rings (SSSR count). The van der Waals surface area contributed by atoms with Crippen molar-refractivity contribution in [2.45, 2.75) is 18.6 Å². The molecule has 2 fully saturated rings. The highest BCUT2D eigenvalue weighted by Gasteiger charge is 2.39. The molecule has 0 bridgehead atoms. The van der Waals surface area contributed by atoms with Crippen molar-refractivity contribution in [3.05, 3.63) is 29.0 Å². The summed E-state index contributed by atoms with van der Waals surface area (Å²) in [7, 11) is 1.73. The van der Waals surface area contributed by atoms with Gasteiger partial charge >= 0.3 is 5.97 Å². The Morgan fingerprint density at radius 3 is 2.93 bits per heavy atom. The molecule has 2 heterocycles. The summed E-state index contributed by atoms with van der Waals surface area (Å²) in [5.41, 5.74) is 0.597. The molecule has 2 atom stereocenters. The van der Waals surface area contributed by atoms with Gasteiger partial charge in [0.15, 0.2) is 0 Å². The van der Waals surface area contributed by atoms with Gasteiger partial charge in [-0.3, -0.25) is 19.4 Å². The zero-order valence-corrected chi connectivity index (χ0v) is 15.9. The third kappa shape index (κ3) is 4.76. The molecule has 7 nitrogen and oxygen atoms in total. The van der Waals surface area contributed by atoms with E-state index in [0.29, 0.717) is 44.9 Å². The summed E-state index contributed by atoms with van der Waals surface area (Å²) < 4.78 is 19.1. The molecule has 1 aromatic carbocycles. The molecule has 2 aliphatic rings. The van der Waals surface area contributed by atoms with Crippen molar-refractivity contribution in [1.82, 2.24) is 9.80 Å². The molecule has 27 heavy (non-hydrogen) atoms. The molecule has 1 aromatic rings. The number of ether oxygens (including phenoxy) is 1. The fraction of sp³-hybridized carbons (Fsp3) is 0.556. The van der Waals surface area contributed by atoms with Crippen molar-refractivity contribution < 1.29 is 23.8 Å². The molecular formula is C18H23ClFN3O4. The number of carbonyl (C=O) groups is 2. The van der Waals surface area contributed by atoms with Crippen LogP contribution in [0.1, 0.15) is 6.42 Å². The van der Waals surface area contributed by atoms with E-state index in [9.17, 15) is 14.0 Å². The molecule has 0 saturated carbocycles. The number of carbonyl (C=O) groups excluding carboxylic acids is 1. The van der Waals surface area contributed by atoms with Crippen molar-refractivity contribution in [1.29, 1.82) is 0 Å². The van der Waals surface area contributed by atoms with Gasteiger partial charge in [-0.15, -0.1) is 0 Å². The predicted molar refractivity (Wildman–Crippen MR) is 98.6 cm³/mol. The molecule has 0 aliphatic carbocycles. The summed E-state index contributed by atoms with van der Waals surface area (Å²) in [4.78, 5) is 29.1. The number of aliphatic carboxylic acids is 1. The molecule has 148 valence electrons. The molecule has 2 saturated heterocycles. The Balaban J connectivity index is 1.62. The number of morpholine rings is 1. The van der Waals surface area contributed by atoms with E-state index in [-0.39, 0.29) is 29.6 Å². The van der Waals surface area contributed by atoms with E-state index in [0.717, 1.165) is 0 Å². The zero-order chi connectivity index (χ0) is 19.6. The SMILES string of the molecule is CN(CC(=O)O)CC1CN(C2CCN(c3ccc(F)c(Cl)c3)C2=O)CCO1. The minimum atomic E-state index is -0.885. The predicted octanol–water partition coefficient (Wildman–Crippen LogP) is 1.30. The van der Waals surface area contributed by atoms with Gasteiger partial charge in [-0.1, -0.05) is 11.6 Å². The smallest absolute Gasteiger partial charge is 0.317 e. The molecule has 9 heteroatoms. The highest BCUT2D eigenvalue weighted by molar-refractivity contribution is 6.31. The number of hydrogen-bond acceptors (Lipinski definition) is 5. The first-order valence-electron chi connectivity index (χ1n) is 8.87. The van der Waals surface area contributed by atoms with Gasteiger partial charge in [0.1, 0.15) is 5.82 Å². The Hall–Kier alpha value is -1.74. The Labute approximate surface area is 162 Å². The standard InChI is InChI=1S/C18H23ClFN3O4/c1-21(11-17(24)25)9-13-10-22(6-7-27-13)16-4-5-23(18(16)26)12-2-3-15(20)14(19)8-12/h2-3,8,13,16H,4-7,9-11H2,1H3,(H,24,25). The molecule has 0 aromatic heterocycles. The minimum absolute atomic E-state index is 0.00310. The van der Waals surface area contributed by atoms with Gasteiger partial charge in [0, 0.05) is 31.9 Å². The molecule has 2 aliphatic heterocycles. The van der Waals surface area contributed by atoms with Crippen LogP contribution in [0.3, 0.4) is 0 Å². The summed E-state index contributed by atoms with van der Waals surface area (Å²) in [6, 6.07) is 4.04. The number of rotatable bonds is 6. The van der Waals surface area contributed by atoms with Crippen LogP contribution >= 0.6 is 11.6 Å². The van der Waals surface area contributed by atoms with Crippen LogP contribution in [0.25, 0.3) is 0 Å². The number of carboxylic acid groups (broad SMARTS) is 1. The largest absolute Gasteiger partial charge is 0.480 e. The summed E-state index contributed by atoms with van der Waals surface area (Å²) in [5, 5.41) is 8.87. The maximum absolute atomic E-state index is 13.4. The third-order valence-corrected chi connectivity index (χ3v) is 5.21. The van der Waals surface area contributed by atoms with E-state index in [1.54, 1.807) is 22.9 Å². The van der Waals surface area contributed by atoms with Gasteiger partial charge < -0.3 is 14.7 Å². The summed E-state index contributed by atoms with van der Waals surface area (Å²) in [5.74, 6) is -1.42. The molecule has 0 spiro atoms. The van der Waals surface area contributed by atoms with Crippen LogP contribution in [0.4, 0.5) is 10.1 Å². The van der Waals surface area contributed by atoms with E-state index >= 15 is 0 Å². The summed E-state index contributed by atoms with van der Waals surface area (Å²) in [6.07, 6.45) is 0.524. The van der Waals surface area contributed by atoms with Crippen molar-refractivity contribution >= 4 is 29.2 Å². The van der Waals surface area contributed by atoms with Crippen molar-refractivity contribution in [2.75, 3.05) is 51.3 Å². The number of carboxylic acids is 1. The number of amides is 1. The summed E-state index contributed by atoms with van der Waals surface area (Å²) in [6.45, 7) is 2.69. The summed E-state index contributed by atoms with van der Waals surface area (Å²) >= 11 is 5.84. The van der Waals surface area contributed by atoms with Crippen LogP contribution < -0.4 is 4.90 Å². The van der Waals surface area contributed by atoms with Gasteiger partial charge in [0.2, 0.25) is 5.91 Å². The van der Waals surface area contributed by atoms with Crippen molar-refractivity contribution in [3.63, 3.8) is 0 Å². The molecule has 2 unspecified atom stereocenters. The average Bonchev–Trinajstić information content (AvgIpc) is 2.98. The molecule has 1 amide bonds. The number of halogens is 2. The maximum Gasteiger partial charge on any atom is 0.317 e. The Kier molecular flexibility index (Phi) is 6.31. The van der Waals surface area contributed by atoms with E-state index in [1.807, 2.05) is 0 Å². The minimum Gasteiger partial charge on any atom is -0.480 e.